The van der Waals surface area contributed by atoms with Gasteiger partial charge in [0.15, 0.2) is 5.76 Å². The summed E-state index contributed by atoms with van der Waals surface area (Å²) < 4.78 is 22.9. The molecule has 0 radical (unpaired) electrons. The van der Waals surface area contributed by atoms with E-state index in [2.05, 4.69) is 4.98 Å². The quantitative estimate of drug-likeness (QED) is 0.737. The molecule has 0 aromatic carbocycles. The van der Waals surface area contributed by atoms with Crippen molar-refractivity contribution in [2.75, 3.05) is 0 Å². The predicted octanol–water partition coefficient (Wildman–Crippen LogP) is 3.61. The van der Waals surface area contributed by atoms with Crippen LogP contribution >= 0.6 is 11.3 Å². The van der Waals surface area contributed by atoms with Crippen molar-refractivity contribution >= 4 is 22.1 Å². The van der Waals surface area contributed by atoms with Gasteiger partial charge in [-0.15, -0.1) is 11.3 Å². The summed E-state index contributed by atoms with van der Waals surface area (Å²) in [7, 11) is -1.19. The fourth-order valence-corrected chi connectivity index (χ4v) is 3.47. The Hall–Kier alpha value is -1.66. The predicted molar refractivity (Wildman–Crippen MR) is 73.4 cm³/mol. The van der Waals surface area contributed by atoms with Crippen LogP contribution in [-0.4, -0.2) is 9.19 Å². The number of thiophene rings is 1. The summed E-state index contributed by atoms with van der Waals surface area (Å²) in [6.07, 6.45) is 3.20. The van der Waals surface area contributed by atoms with Crippen molar-refractivity contribution in [2.24, 2.45) is 0 Å². The number of hydrogen-bond donors (Lipinski definition) is 0. The van der Waals surface area contributed by atoms with E-state index in [-0.39, 0.29) is 5.75 Å². The molecule has 19 heavy (non-hydrogen) atoms. The SMILES string of the molecule is Cc1occc1[S@](=O)Cc1ncc(-c2cccs2)o1. The third kappa shape index (κ3) is 2.54. The highest BCUT2D eigenvalue weighted by Crippen LogP contribution is 2.26. The third-order valence-corrected chi connectivity index (χ3v) is 4.94. The Morgan fingerprint density at radius 1 is 1.42 bits per heavy atom. The molecule has 0 amide bonds. The summed E-state index contributed by atoms with van der Waals surface area (Å²) >= 11 is 1.58. The second-order valence-electron chi connectivity index (χ2n) is 3.93. The van der Waals surface area contributed by atoms with Gasteiger partial charge in [-0.2, -0.15) is 0 Å². The lowest BCUT2D eigenvalue weighted by Crippen LogP contribution is -1.96. The number of aryl methyl sites for hydroxylation is 1. The molecule has 0 N–H and O–H groups in total. The number of aromatic nitrogens is 1. The van der Waals surface area contributed by atoms with E-state index >= 15 is 0 Å². The van der Waals surface area contributed by atoms with E-state index < -0.39 is 10.8 Å². The Kier molecular flexibility index (Phi) is 3.35. The smallest absolute Gasteiger partial charge is 0.207 e. The third-order valence-electron chi connectivity index (χ3n) is 2.63. The van der Waals surface area contributed by atoms with Gasteiger partial charge in [-0.3, -0.25) is 4.21 Å². The minimum atomic E-state index is -1.19. The van der Waals surface area contributed by atoms with Crippen molar-refractivity contribution < 1.29 is 13.0 Å². The minimum Gasteiger partial charge on any atom is -0.468 e. The van der Waals surface area contributed by atoms with Crippen LogP contribution < -0.4 is 0 Å². The lowest BCUT2D eigenvalue weighted by Gasteiger charge is -1.96. The molecule has 3 aromatic heterocycles. The first-order valence-electron chi connectivity index (χ1n) is 5.65. The van der Waals surface area contributed by atoms with E-state index in [0.717, 1.165) is 4.88 Å². The molecular formula is C13H11NO3S2. The summed E-state index contributed by atoms with van der Waals surface area (Å²) in [5.74, 6) is 2.11. The maximum atomic E-state index is 12.1. The molecule has 0 aliphatic rings. The van der Waals surface area contributed by atoms with Crippen molar-refractivity contribution in [2.45, 2.75) is 17.6 Å². The number of furan rings is 1. The van der Waals surface area contributed by atoms with Crippen LogP contribution in [0.15, 0.2) is 49.8 Å². The largest absolute Gasteiger partial charge is 0.468 e. The average molecular weight is 293 g/mol. The molecule has 6 heteroatoms. The minimum absolute atomic E-state index is 0.256. The van der Waals surface area contributed by atoms with Crippen LogP contribution in [0.25, 0.3) is 10.6 Å². The molecular weight excluding hydrogens is 282 g/mol. The van der Waals surface area contributed by atoms with Gasteiger partial charge in [0.2, 0.25) is 5.89 Å². The molecule has 0 aliphatic heterocycles. The van der Waals surface area contributed by atoms with Crippen LogP contribution in [0.5, 0.6) is 0 Å². The van der Waals surface area contributed by atoms with E-state index in [4.69, 9.17) is 8.83 Å². The Labute approximate surface area is 116 Å². The second kappa shape index (κ2) is 5.14. The standard InChI is InChI=1S/C13H11NO3S2/c1-9-12(4-5-16-9)19(15)8-13-14-7-10(17-13)11-3-2-6-18-11/h2-7H,8H2,1H3/t19-/m1/s1. The molecule has 3 heterocycles. The molecule has 0 unspecified atom stereocenters. The maximum absolute atomic E-state index is 12.1. The van der Waals surface area contributed by atoms with Crippen molar-refractivity contribution in [1.29, 1.82) is 0 Å². The van der Waals surface area contributed by atoms with Crippen molar-refractivity contribution in [3.05, 3.63) is 47.7 Å². The molecule has 0 saturated heterocycles. The van der Waals surface area contributed by atoms with Crippen LogP contribution in [0, 0.1) is 6.92 Å². The van der Waals surface area contributed by atoms with Crippen LogP contribution in [0.3, 0.4) is 0 Å². The first-order chi connectivity index (χ1) is 9.24. The monoisotopic (exact) mass is 293 g/mol. The summed E-state index contributed by atoms with van der Waals surface area (Å²) in [5.41, 5.74) is 0. The normalized spacial score (nSPS) is 12.7. The Bertz CT molecular complexity index is 697. The van der Waals surface area contributed by atoms with Crippen molar-refractivity contribution in [3.63, 3.8) is 0 Å². The van der Waals surface area contributed by atoms with Crippen LogP contribution in [0.2, 0.25) is 0 Å². The molecule has 1 atom stereocenters. The summed E-state index contributed by atoms with van der Waals surface area (Å²) in [6, 6.07) is 5.63. The highest BCUT2D eigenvalue weighted by molar-refractivity contribution is 7.84. The van der Waals surface area contributed by atoms with Gasteiger partial charge in [-0.05, 0) is 24.4 Å². The van der Waals surface area contributed by atoms with E-state index in [1.807, 2.05) is 17.5 Å². The lowest BCUT2D eigenvalue weighted by atomic mass is 10.4. The molecule has 4 nitrogen and oxygen atoms in total. The Morgan fingerprint density at radius 2 is 2.32 bits per heavy atom. The molecule has 98 valence electrons. The summed E-state index contributed by atoms with van der Waals surface area (Å²) in [5, 5.41) is 1.98. The van der Waals surface area contributed by atoms with Crippen molar-refractivity contribution in [3.8, 4) is 10.6 Å². The molecule has 0 saturated carbocycles. The highest BCUT2D eigenvalue weighted by Gasteiger charge is 2.14. The number of rotatable bonds is 4. The Morgan fingerprint density at radius 3 is 3.00 bits per heavy atom. The van der Waals surface area contributed by atoms with Crippen LogP contribution in [0.4, 0.5) is 0 Å². The van der Waals surface area contributed by atoms with Gasteiger partial charge in [-0.25, -0.2) is 4.98 Å². The van der Waals surface area contributed by atoms with Gasteiger partial charge in [0.25, 0.3) is 0 Å². The van der Waals surface area contributed by atoms with Gasteiger partial charge < -0.3 is 8.83 Å². The first kappa shape index (κ1) is 12.4. The Balaban J connectivity index is 1.78. The van der Waals surface area contributed by atoms with Crippen LogP contribution in [0.1, 0.15) is 11.7 Å². The lowest BCUT2D eigenvalue weighted by molar-refractivity contribution is 0.522. The molecule has 0 aliphatic carbocycles. The summed E-state index contributed by atoms with van der Waals surface area (Å²) in [6.45, 7) is 1.79. The number of nitrogens with zero attached hydrogens (tertiary/aromatic N) is 1. The maximum Gasteiger partial charge on any atom is 0.207 e. The van der Waals surface area contributed by atoms with Gasteiger partial charge in [-0.1, -0.05) is 6.07 Å². The van der Waals surface area contributed by atoms with E-state index in [1.165, 1.54) is 6.26 Å². The topological polar surface area (TPSA) is 56.2 Å². The molecule has 0 fully saturated rings. The highest BCUT2D eigenvalue weighted by atomic mass is 32.2. The number of oxazole rings is 1. The zero-order valence-electron chi connectivity index (χ0n) is 10.2. The molecule has 3 rings (SSSR count). The fourth-order valence-electron chi connectivity index (χ4n) is 1.71. The molecule has 0 spiro atoms. The fraction of sp³-hybridized carbons (Fsp3) is 0.154. The van der Waals surface area contributed by atoms with E-state index in [1.54, 1.807) is 30.5 Å². The second-order valence-corrected chi connectivity index (χ2v) is 6.29. The van der Waals surface area contributed by atoms with Gasteiger partial charge in [0, 0.05) is 0 Å². The van der Waals surface area contributed by atoms with Crippen LogP contribution in [-0.2, 0) is 16.6 Å². The van der Waals surface area contributed by atoms with Gasteiger partial charge in [0.05, 0.1) is 33.0 Å². The molecule has 0 bridgehead atoms. The van der Waals surface area contributed by atoms with E-state index in [9.17, 15) is 4.21 Å². The first-order valence-corrected chi connectivity index (χ1v) is 7.85. The zero-order chi connectivity index (χ0) is 13.2. The van der Waals surface area contributed by atoms with E-state index in [0.29, 0.717) is 22.3 Å². The zero-order valence-corrected chi connectivity index (χ0v) is 11.8. The van der Waals surface area contributed by atoms with Gasteiger partial charge >= 0.3 is 0 Å². The summed E-state index contributed by atoms with van der Waals surface area (Å²) in [4.78, 5) is 5.88. The van der Waals surface area contributed by atoms with Gasteiger partial charge in [0.1, 0.15) is 11.5 Å². The number of hydrogen-bond acceptors (Lipinski definition) is 5. The average Bonchev–Trinajstić information content (AvgIpc) is 3.07. The molecule has 3 aromatic rings. The van der Waals surface area contributed by atoms with Crippen molar-refractivity contribution in [1.82, 2.24) is 4.98 Å².